The Balaban J connectivity index is 1.94. The van der Waals surface area contributed by atoms with E-state index in [1.54, 1.807) is 7.11 Å². The fraction of sp³-hybridized carbons (Fsp3) is 0.200. The van der Waals surface area contributed by atoms with Crippen LogP contribution in [0.25, 0.3) is 0 Å². The van der Waals surface area contributed by atoms with Crippen LogP contribution in [0.15, 0.2) is 42.5 Å². The SMILES string of the molecule is COc1cccc(CNc2ccc(NC(C)=O)cc2)n1. The molecule has 1 aromatic heterocycles. The smallest absolute Gasteiger partial charge is 0.221 e. The molecule has 0 atom stereocenters. The van der Waals surface area contributed by atoms with Gasteiger partial charge in [0.1, 0.15) is 0 Å². The lowest BCUT2D eigenvalue weighted by Crippen LogP contribution is -2.06. The molecule has 104 valence electrons. The molecule has 5 nitrogen and oxygen atoms in total. The summed E-state index contributed by atoms with van der Waals surface area (Å²) in [6.07, 6.45) is 0. The van der Waals surface area contributed by atoms with Gasteiger partial charge in [-0.1, -0.05) is 6.07 Å². The largest absolute Gasteiger partial charge is 0.481 e. The number of rotatable bonds is 5. The predicted octanol–water partition coefficient (Wildman–Crippen LogP) is 2.66. The highest BCUT2D eigenvalue weighted by Gasteiger charge is 1.99. The molecule has 0 spiro atoms. The van der Waals surface area contributed by atoms with Crippen LogP contribution >= 0.6 is 0 Å². The molecule has 0 bridgehead atoms. The maximum Gasteiger partial charge on any atom is 0.221 e. The molecule has 0 radical (unpaired) electrons. The number of nitrogens with one attached hydrogen (secondary N) is 2. The normalized spacial score (nSPS) is 9.90. The van der Waals surface area contributed by atoms with E-state index in [-0.39, 0.29) is 5.91 Å². The molecule has 20 heavy (non-hydrogen) atoms. The summed E-state index contributed by atoms with van der Waals surface area (Å²) in [5, 5.41) is 5.99. The third-order valence-electron chi connectivity index (χ3n) is 2.67. The molecule has 5 heteroatoms. The Morgan fingerprint density at radius 2 is 1.85 bits per heavy atom. The van der Waals surface area contributed by atoms with Gasteiger partial charge in [-0.15, -0.1) is 0 Å². The summed E-state index contributed by atoms with van der Waals surface area (Å²) >= 11 is 0. The lowest BCUT2D eigenvalue weighted by Gasteiger charge is -2.08. The Kier molecular flexibility index (Phi) is 4.55. The average molecular weight is 271 g/mol. The second kappa shape index (κ2) is 6.56. The third-order valence-corrected chi connectivity index (χ3v) is 2.67. The van der Waals surface area contributed by atoms with Crippen LogP contribution < -0.4 is 15.4 Å². The Hall–Kier alpha value is -2.56. The van der Waals surface area contributed by atoms with Crippen molar-refractivity contribution in [1.29, 1.82) is 0 Å². The first-order chi connectivity index (χ1) is 9.67. The van der Waals surface area contributed by atoms with E-state index in [4.69, 9.17) is 4.74 Å². The molecule has 0 saturated heterocycles. The number of carbonyl (C=O) groups excluding carboxylic acids is 1. The van der Waals surface area contributed by atoms with Crippen LogP contribution in [-0.4, -0.2) is 18.0 Å². The number of pyridine rings is 1. The van der Waals surface area contributed by atoms with E-state index in [9.17, 15) is 4.79 Å². The molecule has 2 N–H and O–H groups in total. The fourth-order valence-corrected chi connectivity index (χ4v) is 1.74. The van der Waals surface area contributed by atoms with Crippen LogP contribution in [0.3, 0.4) is 0 Å². The molecule has 0 aliphatic heterocycles. The number of nitrogens with zero attached hydrogens (tertiary/aromatic N) is 1. The van der Waals surface area contributed by atoms with Crippen molar-refractivity contribution >= 4 is 17.3 Å². The lowest BCUT2D eigenvalue weighted by molar-refractivity contribution is -0.114. The van der Waals surface area contributed by atoms with Crippen molar-refractivity contribution in [2.45, 2.75) is 13.5 Å². The Morgan fingerprint density at radius 3 is 2.50 bits per heavy atom. The summed E-state index contributed by atoms with van der Waals surface area (Å²) in [4.78, 5) is 15.2. The van der Waals surface area contributed by atoms with E-state index in [0.29, 0.717) is 12.4 Å². The monoisotopic (exact) mass is 271 g/mol. The molecule has 0 saturated carbocycles. The first-order valence-electron chi connectivity index (χ1n) is 6.29. The number of benzene rings is 1. The molecule has 1 aromatic carbocycles. The summed E-state index contributed by atoms with van der Waals surface area (Å²) in [5.41, 5.74) is 2.64. The highest BCUT2D eigenvalue weighted by atomic mass is 16.5. The summed E-state index contributed by atoms with van der Waals surface area (Å²) in [6, 6.07) is 13.2. The number of methoxy groups -OCH3 is 1. The van der Waals surface area contributed by atoms with Crippen molar-refractivity contribution in [3.8, 4) is 5.88 Å². The second-order valence-electron chi connectivity index (χ2n) is 4.28. The van der Waals surface area contributed by atoms with Gasteiger partial charge in [0.2, 0.25) is 11.8 Å². The van der Waals surface area contributed by atoms with Gasteiger partial charge in [0.05, 0.1) is 19.3 Å². The second-order valence-corrected chi connectivity index (χ2v) is 4.28. The van der Waals surface area contributed by atoms with Crippen LogP contribution in [0.4, 0.5) is 11.4 Å². The maximum atomic E-state index is 10.9. The predicted molar refractivity (Wildman–Crippen MR) is 78.9 cm³/mol. The molecule has 0 unspecified atom stereocenters. The van der Waals surface area contributed by atoms with Gasteiger partial charge in [0.25, 0.3) is 0 Å². The topological polar surface area (TPSA) is 63.2 Å². The van der Waals surface area contributed by atoms with Gasteiger partial charge in [0.15, 0.2) is 0 Å². The first kappa shape index (κ1) is 13.9. The van der Waals surface area contributed by atoms with Crippen LogP contribution in [-0.2, 0) is 11.3 Å². The fourth-order valence-electron chi connectivity index (χ4n) is 1.74. The zero-order valence-electron chi connectivity index (χ0n) is 11.5. The van der Waals surface area contributed by atoms with E-state index in [1.165, 1.54) is 6.92 Å². The minimum atomic E-state index is -0.0775. The summed E-state index contributed by atoms with van der Waals surface area (Å²) in [6.45, 7) is 2.09. The van der Waals surface area contributed by atoms with E-state index < -0.39 is 0 Å². The van der Waals surface area contributed by atoms with Crippen molar-refractivity contribution in [1.82, 2.24) is 4.98 Å². The first-order valence-corrected chi connectivity index (χ1v) is 6.29. The highest BCUT2D eigenvalue weighted by Crippen LogP contribution is 2.15. The lowest BCUT2D eigenvalue weighted by atomic mass is 10.2. The number of hydrogen-bond acceptors (Lipinski definition) is 4. The van der Waals surface area contributed by atoms with Gasteiger partial charge in [0, 0.05) is 24.4 Å². The standard InChI is InChI=1S/C15H17N3O2/c1-11(19)17-13-8-6-12(7-9-13)16-10-14-4-3-5-15(18-14)20-2/h3-9,16H,10H2,1-2H3,(H,17,19). The van der Waals surface area contributed by atoms with E-state index in [0.717, 1.165) is 17.1 Å². The molecular weight excluding hydrogens is 254 g/mol. The van der Waals surface area contributed by atoms with Gasteiger partial charge in [-0.3, -0.25) is 4.79 Å². The van der Waals surface area contributed by atoms with Crippen LogP contribution in [0, 0.1) is 0 Å². The quantitative estimate of drug-likeness (QED) is 0.877. The van der Waals surface area contributed by atoms with Gasteiger partial charge in [-0.2, -0.15) is 0 Å². The molecule has 0 aliphatic rings. The van der Waals surface area contributed by atoms with Crippen molar-refractivity contribution < 1.29 is 9.53 Å². The molecule has 1 heterocycles. The van der Waals surface area contributed by atoms with Gasteiger partial charge in [-0.25, -0.2) is 4.98 Å². The van der Waals surface area contributed by atoms with E-state index >= 15 is 0 Å². The van der Waals surface area contributed by atoms with Crippen molar-refractivity contribution in [2.75, 3.05) is 17.7 Å². The van der Waals surface area contributed by atoms with Crippen molar-refractivity contribution in [3.05, 3.63) is 48.2 Å². The van der Waals surface area contributed by atoms with Gasteiger partial charge < -0.3 is 15.4 Å². The van der Waals surface area contributed by atoms with E-state index in [2.05, 4.69) is 15.6 Å². The minimum absolute atomic E-state index is 0.0775. The van der Waals surface area contributed by atoms with E-state index in [1.807, 2.05) is 42.5 Å². The van der Waals surface area contributed by atoms with Gasteiger partial charge >= 0.3 is 0 Å². The zero-order valence-corrected chi connectivity index (χ0v) is 11.5. The highest BCUT2D eigenvalue weighted by molar-refractivity contribution is 5.88. The van der Waals surface area contributed by atoms with Crippen LogP contribution in [0.5, 0.6) is 5.88 Å². The van der Waals surface area contributed by atoms with Crippen molar-refractivity contribution in [3.63, 3.8) is 0 Å². The summed E-state index contributed by atoms with van der Waals surface area (Å²) in [7, 11) is 1.60. The molecule has 0 fully saturated rings. The molecule has 1 amide bonds. The number of hydrogen-bond donors (Lipinski definition) is 2. The number of anilines is 2. The number of carbonyl (C=O) groups is 1. The number of ether oxygens (including phenoxy) is 1. The number of aromatic nitrogens is 1. The average Bonchev–Trinajstić information content (AvgIpc) is 2.46. The molecule has 0 aliphatic carbocycles. The third kappa shape index (κ3) is 3.98. The van der Waals surface area contributed by atoms with Crippen LogP contribution in [0.2, 0.25) is 0 Å². The Bertz CT molecular complexity index is 582. The summed E-state index contributed by atoms with van der Waals surface area (Å²) < 4.78 is 5.08. The van der Waals surface area contributed by atoms with Gasteiger partial charge in [-0.05, 0) is 30.3 Å². The Morgan fingerprint density at radius 1 is 1.15 bits per heavy atom. The van der Waals surface area contributed by atoms with Crippen LogP contribution in [0.1, 0.15) is 12.6 Å². The molecular formula is C15H17N3O2. The van der Waals surface area contributed by atoms with Crippen molar-refractivity contribution in [2.24, 2.45) is 0 Å². The maximum absolute atomic E-state index is 10.9. The molecule has 2 aromatic rings. The summed E-state index contributed by atoms with van der Waals surface area (Å²) in [5.74, 6) is 0.525. The number of amides is 1. The molecule has 2 rings (SSSR count). The Labute approximate surface area is 118 Å². The zero-order chi connectivity index (χ0) is 14.4. The minimum Gasteiger partial charge on any atom is -0.481 e.